The van der Waals surface area contributed by atoms with Crippen LogP contribution >= 0.6 is 0 Å². The number of rotatable bonds is 15. The zero-order chi connectivity index (χ0) is 53.4. The zero-order valence-electron chi connectivity index (χ0n) is 37.0. The minimum Gasteiger partial charge on any atom is -0.477 e. The summed E-state index contributed by atoms with van der Waals surface area (Å²) >= 11 is 0. The molecule has 2 aromatic heterocycles. The monoisotopic (exact) mass is 1040 g/mol. The summed E-state index contributed by atoms with van der Waals surface area (Å²) in [4.78, 5) is 85.8. The largest absolute Gasteiger partial charge is 0.477 e. The molecular formula is C37H58N10O25. The van der Waals surface area contributed by atoms with Crippen molar-refractivity contribution in [3.8, 4) is 0 Å². The van der Waals surface area contributed by atoms with Crippen LogP contribution in [0.2, 0.25) is 0 Å². The van der Waals surface area contributed by atoms with Gasteiger partial charge in [0.05, 0.1) is 43.6 Å². The number of aromatic nitrogens is 6. The van der Waals surface area contributed by atoms with Crippen molar-refractivity contribution in [3.63, 3.8) is 0 Å². The SMILES string of the molecule is C.CC(=O)NC1C(O)CC(O)(C(=O)O)OC1C(O)C=O.CC(=O)NC1C(O)CC(O)(C(=O)O)OC1C(O)CNC(=O)c1ncn(C2OC(CO)C(O)C2O)n1.NC(=O)c1ncn(C2OC(CO)C(O)C2O)n1. The molecule has 4 fully saturated rings. The molecule has 18 atom stereocenters. The van der Waals surface area contributed by atoms with E-state index in [1.807, 2.05) is 0 Å². The number of nitrogens with zero attached hydrogens (tertiary/aromatic N) is 6. The number of carboxylic acids is 2. The molecule has 406 valence electrons. The van der Waals surface area contributed by atoms with Gasteiger partial charge in [0, 0.05) is 33.2 Å². The molecule has 35 heteroatoms. The molecule has 0 radical (unpaired) electrons. The Labute approximate surface area is 404 Å². The van der Waals surface area contributed by atoms with Gasteiger partial charge < -0.3 is 117 Å². The predicted octanol–water partition coefficient (Wildman–Crippen LogP) is -11.0. The highest BCUT2D eigenvalue weighted by molar-refractivity contribution is 5.90. The van der Waals surface area contributed by atoms with Crippen molar-refractivity contribution >= 4 is 41.9 Å². The number of carbonyl (C=O) groups excluding carboxylic acids is 5. The fraction of sp³-hybridized carbons (Fsp3) is 0.703. The normalized spacial score (nSPS) is 34.8. The molecule has 19 N–H and O–H groups in total. The lowest BCUT2D eigenvalue weighted by atomic mass is 9.90. The van der Waals surface area contributed by atoms with Gasteiger partial charge in [0.1, 0.15) is 67.6 Å². The van der Waals surface area contributed by atoms with Crippen LogP contribution in [0.1, 0.15) is 67.8 Å². The van der Waals surface area contributed by atoms with Crippen molar-refractivity contribution in [1.82, 2.24) is 45.5 Å². The van der Waals surface area contributed by atoms with Gasteiger partial charge in [0.25, 0.3) is 23.4 Å². The smallest absolute Gasteiger partial charge is 0.364 e. The summed E-state index contributed by atoms with van der Waals surface area (Å²) in [7, 11) is 0. The summed E-state index contributed by atoms with van der Waals surface area (Å²) in [5.74, 6) is -12.7. The Kier molecular flexibility index (Phi) is 21.1. The fourth-order valence-electron chi connectivity index (χ4n) is 7.33. The van der Waals surface area contributed by atoms with E-state index in [2.05, 4.69) is 36.1 Å². The lowest BCUT2D eigenvalue weighted by molar-refractivity contribution is -0.288. The van der Waals surface area contributed by atoms with Crippen LogP contribution < -0.4 is 21.7 Å². The van der Waals surface area contributed by atoms with Gasteiger partial charge in [0.2, 0.25) is 23.5 Å². The summed E-state index contributed by atoms with van der Waals surface area (Å²) in [5, 5.41) is 149. The van der Waals surface area contributed by atoms with E-state index in [9.17, 15) is 89.7 Å². The van der Waals surface area contributed by atoms with Crippen LogP contribution in [0.3, 0.4) is 0 Å². The summed E-state index contributed by atoms with van der Waals surface area (Å²) < 4.78 is 22.3. The number of aliphatic hydroxyl groups excluding tert-OH is 10. The summed E-state index contributed by atoms with van der Waals surface area (Å²) in [6, 6.07) is -2.51. The Morgan fingerprint density at radius 2 is 1.14 bits per heavy atom. The second-order valence-electron chi connectivity index (χ2n) is 16.2. The quantitative estimate of drug-likeness (QED) is 0.0737. The molecular weight excluding hydrogens is 984 g/mol. The Morgan fingerprint density at radius 3 is 1.50 bits per heavy atom. The van der Waals surface area contributed by atoms with Crippen molar-refractivity contribution < 1.29 is 124 Å². The van der Waals surface area contributed by atoms with E-state index in [0.29, 0.717) is 0 Å². The number of ether oxygens (including phenoxy) is 4. The van der Waals surface area contributed by atoms with Crippen molar-refractivity contribution in [3.05, 3.63) is 24.3 Å². The Balaban J connectivity index is 0.000000312. The number of carboxylic acid groups (broad SMARTS) is 2. The third-order valence-electron chi connectivity index (χ3n) is 10.9. The summed E-state index contributed by atoms with van der Waals surface area (Å²) in [6.07, 6.45) is -18.7. The molecule has 0 bridgehead atoms. The first-order valence-corrected chi connectivity index (χ1v) is 20.8. The minimum atomic E-state index is -2.84. The maximum absolute atomic E-state index is 12.4. The third kappa shape index (κ3) is 14.0. The van der Waals surface area contributed by atoms with Gasteiger partial charge >= 0.3 is 11.9 Å². The average molecular weight is 1040 g/mol. The number of aldehydes is 1. The Morgan fingerprint density at radius 1 is 0.736 bits per heavy atom. The van der Waals surface area contributed by atoms with Gasteiger partial charge in [-0.05, 0) is 0 Å². The first-order valence-electron chi connectivity index (χ1n) is 20.8. The number of hydrogen-bond donors (Lipinski definition) is 18. The fourth-order valence-corrected chi connectivity index (χ4v) is 7.33. The third-order valence-corrected chi connectivity index (χ3v) is 10.9. The average Bonchev–Trinajstić information content (AvgIpc) is 4.11. The molecule has 6 heterocycles. The maximum Gasteiger partial charge on any atom is 0.364 e. The van der Waals surface area contributed by atoms with Gasteiger partial charge in [-0.15, -0.1) is 10.2 Å². The number of primary amides is 1. The zero-order valence-corrected chi connectivity index (χ0v) is 37.0. The van der Waals surface area contributed by atoms with Crippen molar-refractivity contribution in [1.29, 1.82) is 0 Å². The molecule has 18 unspecified atom stereocenters. The van der Waals surface area contributed by atoms with Gasteiger partial charge in [-0.2, -0.15) is 0 Å². The summed E-state index contributed by atoms with van der Waals surface area (Å²) in [6.45, 7) is 0.652. The molecule has 2 aromatic rings. The highest BCUT2D eigenvalue weighted by atomic mass is 16.7. The van der Waals surface area contributed by atoms with E-state index in [1.54, 1.807) is 0 Å². The number of aliphatic hydroxyl groups is 12. The number of aliphatic carboxylic acids is 2. The first-order chi connectivity index (χ1) is 33.1. The minimum absolute atomic E-state index is 0. The Bertz CT molecular complexity index is 2200. The van der Waals surface area contributed by atoms with E-state index < -0.39 is 183 Å². The number of hydrogen-bond acceptors (Lipinski definition) is 27. The molecule has 6 rings (SSSR count). The van der Waals surface area contributed by atoms with Crippen LogP contribution in [0.15, 0.2) is 12.7 Å². The van der Waals surface area contributed by atoms with Crippen molar-refractivity contribution in [2.24, 2.45) is 5.73 Å². The van der Waals surface area contributed by atoms with Gasteiger partial charge in [-0.3, -0.25) is 19.2 Å². The van der Waals surface area contributed by atoms with E-state index in [-0.39, 0.29) is 19.5 Å². The standard InChI is InChI=1S/C18H27N5O12.C10H15NO8.C8H12N4O5.CH4/c1-6(25)21-10-7(26)2-18(33,17(31)32)35-13(10)8(27)3-19-15(30)14-20-5-23(22-14)16-12(29)11(28)9(4-24)34-16;1-4(13)11-7-5(14)2-10(18,9(16)17)19-8(7)6(15)3-12;9-6(16)7-10-2-12(11-7)8-5(15)4(14)3(1-13)17-8;/h5,7-13,16,24,26-29,33H,2-4H2,1H3,(H,19,30)(H,21,25)(H,31,32);3,5-8,14-15,18H,2H2,1H3,(H,11,13)(H,16,17);2-5,8,13-15H,1H2,(H2,9,16);1H4. The lowest BCUT2D eigenvalue weighted by Crippen LogP contribution is -2.66. The van der Waals surface area contributed by atoms with Crippen LogP contribution in [0, 0.1) is 0 Å². The predicted molar refractivity (Wildman–Crippen MR) is 223 cm³/mol. The molecule has 4 aliphatic rings. The molecule has 4 aliphatic heterocycles. The molecule has 0 saturated carbocycles. The van der Waals surface area contributed by atoms with Gasteiger partial charge in [-0.25, -0.2) is 28.9 Å². The van der Waals surface area contributed by atoms with E-state index >= 15 is 0 Å². The molecule has 0 aromatic carbocycles. The van der Waals surface area contributed by atoms with Crippen LogP contribution in [0.25, 0.3) is 0 Å². The Hall–Kier alpha value is -5.87. The molecule has 72 heavy (non-hydrogen) atoms. The number of carbonyl (C=O) groups is 7. The highest BCUT2D eigenvalue weighted by Crippen LogP contribution is 2.32. The molecule has 4 amide bonds. The van der Waals surface area contributed by atoms with Crippen LogP contribution in [-0.2, 0) is 42.9 Å². The van der Waals surface area contributed by atoms with Gasteiger partial charge in [-0.1, -0.05) is 7.43 Å². The van der Waals surface area contributed by atoms with E-state index in [0.717, 1.165) is 35.9 Å². The number of amides is 4. The second-order valence-corrected chi connectivity index (χ2v) is 16.2. The topological polar surface area (TPSA) is 563 Å². The highest BCUT2D eigenvalue weighted by Gasteiger charge is 2.54. The van der Waals surface area contributed by atoms with Crippen molar-refractivity contribution in [2.75, 3.05) is 19.8 Å². The first kappa shape index (κ1) is 60.4. The molecule has 0 spiro atoms. The van der Waals surface area contributed by atoms with Crippen LogP contribution in [0.5, 0.6) is 0 Å². The van der Waals surface area contributed by atoms with Crippen LogP contribution in [0.4, 0.5) is 0 Å². The number of nitrogens with two attached hydrogens (primary N) is 1. The van der Waals surface area contributed by atoms with Gasteiger partial charge in [0.15, 0.2) is 18.7 Å². The van der Waals surface area contributed by atoms with Crippen LogP contribution in [-0.4, -0.2) is 260 Å². The summed E-state index contributed by atoms with van der Waals surface area (Å²) in [5.41, 5.74) is 4.97. The van der Waals surface area contributed by atoms with Crippen molar-refractivity contribution in [2.45, 2.75) is 143 Å². The molecule has 4 saturated heterocycles. The molecule has 0 aliphatic carbocycles. The second kappa shape index (κ2) is 25.2. The number of nitrogens with one attached hydrogen (secondary N) is 3. The maximum atomic E-state index is 12.4. The molecule has 35 nitrogen and oxygen atoms in total. The van der Waals surface area contributed by atoms with E-state index in [4.69, 9.17) is 40.0 Å². The lowest BCUT2D eigenvalue weighted by Gasteiger charge is -2.44. The van der Waals surface area contributed by atoms with E-state index in [1.165, 1.54) is 0 Å².